The fraction of sp³-hybridized carbons (Fsp3) is 0.471. The first-order valence-corrected chi connectivity index (χ1v) is 8.31. The molecule has 1 aliphatic rings. The van der Waals surface area contributed by atoms with Crippen LogP contribution in [0.25, 0.3) is 0 Å². The van der Waals surface area contributed by atoms with Crippen LogP contribution in [0.5, 0.6) is 0 Å². The second kappa shape index (κ2) is 7.55. The Morgan fingerprint density at radius 3 is 2.71 bits per heavy atom. The number of aromatic nitrogens is 3. The van der Waals surface area contributed by atoms with Gasteiger partial charge in [-0.1, -0.05) is 30.2 Å². The van der Waals surface area contributed by atoms with Gasteiger partial charge in [0.2, 0.25) is 5.91 Å². The fourth-order valence-corrected chi connectivity index (χ4v) is 3.25. The van der Waals surface area contributed by atoms with Crippen molar-refractivity contribution in [2.45, 2.75) is 50.9 Å². The lowest BCUT2D eigenvalue weighted by Crippen LogP contribution is -2.39. The molecule has 7 nitrogen and oxygen atoms in total. The highest BCUT2D eigenvalue weighted by atomic mass is 16.3. The van der Waals surface area contributed by atoms with Gasteiger partial charge in [0.1, 0.15) is 5.69 Å². The highest BCUT2D eigenvalue weighted by molar-refractivity contribution is 5.92. The zero-order valence-corrected chi connectivity index (χ0v) is 13.6. The summed E-state index contributed by atoms with van der Waals surface area (Å²) >= 11 is 0. The lowest BCUT2D eigenvalue weighted by molar-refractivity contribution is 0.100. The minimum atomic E-state index is -0.410. The number of nitrogens with one attached hydrogen (secondary N) is 1. The van der Waals surface area contributed by atoms with E-state index in [0.717, 1.165) is 24.9 Å². The zero-order valence-electron chi connectivity index (χ0n) is 13.6. The summed E-state index contributed by atoms with van der Waals surface area (Å²) in [5.74, 6) is -0.410. The van der Waals surface area contributed by atoms with Crippen molar-refractivity contribution in [3.05, 3.63) is 47.3 Å². The van der Waals surface area contributed by atoms with Gasteiger partial charge in [0.05, 0.1) is 18.8 Å². The van der Waals surface area contributed by atoms with Crippen LogP contribution in [0.2, 0.25) is 0 Å². The summed E-state index contributed by atoms with van der Waals surface area (Å²) in [6.45, 7) is 0.638. The van der Waals surface area contributed by atoms with Gasteiger partial charge in [0.15, 0.2) is 0 Å². The van der Waals surface area contributed by atoms with E-state index in [1.807, 2.05) is 23.0 Å². The molecule has 0 saturated heterocycles. The van der Waals surface area contributed by atoms with Crippen molar-refractivity contribution in [2.75, 3.05) is 0 Å². The Balaban J connectivity index is 1.64. The summed E-state index contributed by atoms with van der Waals surface area (Å²) in [6, 6.07) is 7.90. The first-order valence-electron chi connectivity index (χ1n) is 8.31. The molecular formula is C17H23N5O2. The highest BCUT2D eigenvalue weighted by Gasteiger charge is 2.27. The predicted octanol–water partition coefficient (Wildman–Crippen LogP) is 1.14. The number of amides is 1. The third kappa shape index (κ3) is 3.80. The summed E-state index contributed by atoms with van der Waals surface area (Å²) in [7, 11) is 0. The van der Waals surface area contributed by atoms with Crippen molar-refractivity contribution >= 4 is 5.91 Å². The third-order valence-corrected chi connectivity index (χ3v) is 4.60. The van der Waals surface area contributed by atoms with Crippen molar-refractivity contribution in [1.29, 1.82) is 0 Å². The van der Waals surface area contributed by atoms with Gasteiger partial charge in [-0.2, -0.15) is 0 Å². The number of hydrogen-bond acceptors (Lipinski definition) is 5. The van der Waals surface area contributed by atoms with E-state index in [1.165, 1.54) is 12.8 Å². The second-order valence-corrected chi connectivity index (χ2v) is 6.25. The average Bonchev–Trinajstić information content (AvgIpc) is 3.09. The van der Waals surface area contributed by atoms with Crippen molar-refractivity contribution in [3.63, 3.8) is 0 Å². The SMILES string of the molecule is NC(=O)c1ccc(CN[C@H]2CCCC[C@H]2n2cc(CO)nn2)cc1. The minimum absolute atomic E-state index is 0.0863. The number of benzene rings is 1. The molecule has 128 valence electrons. The maximum absolute atomic E-state index is 11.1. The number of hydrogen-bond donors (Lipinski definition) is 3. The molecule has 3 rings (SSSR count). The number of aliphatic hydroxyl groups excluding tert-OH is 1. The molecule has 0 aliphatic heterocycles. The Bertz CT molecular complexity index is 683. The Morgan fingerprint density at radius 1 is 1.29 bits per heavy atom. The molecule has 1 aliphatic carbocycles. The molecular weight excluding hydrogens is 306 g/mol. The van der Waals surface area contributed by atoms with Crippen LogP contribution in [0.3, 0.4) is 0 Å². The summed E-state index contributed by atoms with van der Waals surface area (Å²) in [5.41, 5.74) is 7.49. The van der Waals surface area contributed by atoms with Gasteiger partial charge in [-0.15, -0.1) is 5.10 Å². The highest BCUT2D eigenvalue weighted by Crippen LogP contribution is 2.28. The molecule has 0 unspecified atom stereocenters. The maximum Gasteiger partial charge on any atom is 0.248 e. The molecule has 4 N–H and O–H groups in total. The topological polar surface area (TPSA) is 106 Å². The minimum Gasteiger partial charge on any atom is -0.390 e. The van der Waals surface area contributed by atoms with Crippen LogP contribution in [0.15, 0.2) is 30.5 Å². The Kier molecular flexibility index (Phi) is 5.22. The molecule has 2 atom stereocenters. The number of rotatable bonds is 6. The maximum atomic E-state index is 11.1. The van der Waals surface area contributed by atoms with E-state index in [2.05, 4.69) is 15.6 Å². The molecule has 24 heavy (non-hydrogen) atoms. The molecule has 0 bridgehead atoms. The van der Waals surface area contributed by atoms with Crippen LogP contribution < -0.4 is 11.1 Å². The standard InChI is InChI=1S/C17H23N5O2/c18-17(24)13-7-5-12(6-8-13)9-19-15-3-1-2-4-16(15)22-10-14(11-23)20-21-22/h5-8,10,15-16,19,23H,1-4,9,11H2,(H2,18,24)/t15-,16+/m0/s1. The summed E-state index contributed by atoms with van der Waals surface area (Å²) < 4.78 is 1.87. The van der Waals surface area contributed by atoms with Gasteiger partial charge in [-0.05, 0) is 30.5 Å². The molecule has 1 saturated carbocycles. The van der Waals surface area contributed by atoms with Crippen molar-refractivity contribution in [3.8, 4) is 0 Å². The normalized spacial score (nSPS) is 20.9. The zero-order chi connectivity index (χ0) is 16.9. The molecule has 0 radical (unpaired) electrons. The van der Waals surface area contributed by atoms with Gasteiger partial charge < -0.3 is 16.2 Å². The average molecular weight is 329 g/mol. The van der Waals surface area contributed by atoms with Crippen molar-refractivity contribution in [2.24, 2.45) is 5.73 Å². The van der Waals surface area contributed by atoms with Crippen LogP contribution in [-0.4, -0.2) is 32.0 Å². The molecule has 1 heterocycles. The van der Waals surface area contributed by atoms with E-state index in [4.69, 9.17) is 10.8 Å². The predicted molar refractivity (Wildman–Crippen MR) is 89.0 cm³/mol. The molecule has 2 aromatic rings. The monoisotopic (exact) mass is 329 g/mol. The summed E-state index contributed by atoms with van der Waals surface area (Å²) in [6.07, 6.45) is 6.32. The molecule has 1 amide bonds. The number of carbonyl (C=O) groups excluding carboxylic acids is 1. The van der Waals surface area contributed by atoms with Crippen LogP contribution in [0.4, 0.5) is 0 Å². The number of primary amides is 1. The molecule has 1 fully saturated rings. The van der Waals surface area contributed by atoms with Crippen molar-refractivity contribution < 1.29 is 9.90 Å². The number of nitrogens with two attached hydrogens (primary N) is 1. The van der Waals surface area contributed by atoms with Gasteiger partial charge in [0, 0.05) is 18.2 Å². The lowest BCUT2D eigenvalue weighted by atomic mass is 9.90. The molecule has 0 spiro atoms. The van der Waals surface area contributed by atoms with E-state index in [-0.39, 0.29) is 12.6 Å². The van der Waals surface area contributed by atoms with Gasteiger partial charge in [0.25, 0.3) is 0 Å². The summed E-state index contributed by atoms with van der Waals surface area (Å²) in [4.78, 5) is 11.1. The first-order chi connectivity index (χ1) is 11.7. The Labute approximate surface area is 140 Å². The van der Waals surface area contributed by atoms with E-state index >= 15 is 0 Å². The molecule has 7 heteroatoms. The lowest BCUT2D eigenvalue weighted by Gasteiger charge is -2.32. The van der Waals surface area contributed by atoms with Gasteiger partial charge in [-0.3, -0.25) is 4.79 Å². The fourth-order valence-electron chi connectivity index (χ4n) is 3.25. The van der Waals surface area contributed by atoms with Gasteiger partial charge >= 0.3 is 0 Å². The van der Waals surface area contributed by atoms with Crippen LogP contribution >= 0.6 is 0 Å². The second-order valence-electron chi connectivity index (χ2n) is 6.25. The van der Waals surface area contributed by atoms with E-state index in [9.17, 15) is 4.79 Å². The Morgan fingerprint density at radius 2 is 2.04 bits per heavy atom. The third-order valence-electron chi connectivity index (χ3n) is 4.60. The van der Waals surface area contributed by atoms with Gasteiger partial charge in [-0.25, -0.2) is 4.68 Å². The molecule has 1 aromatic heterocycles. The summed E-state index contributed by atoms with van der Waals surface area (Å²) in [5, 5.41) is 20.9. The number of nitrogens with zero attached hydrogens (tertiary/aromatic N) is 3. The van der Waals surface area contributed by atoms with Crippen LogP contribution in [0, 0.1) is 0 Å². The van der Waals surface area contributed by atoms with E-state index in [1.54, 1.807) is 12.1 Å². The first kappa shape index (κ1) is 16.6. The number of aliphatic hydroxyl groups is 1. The Hall–Kier alpha value is -2.25. The smallest absolute Gasteiger partial charge is 0.248 e. The molecule has 1 aromatic carbocycles. The van der Waals surface area contributed by atoms with Crippen molar-refractivity contribution in [1.82, 2.24) is 20.3 Å². The number of carbonyl (C=O) groups is 1. The van der Waals surface area contributed by atoms with Crippen LogP contribution in [0.1, 0.15) is 53.3 Å². The van der Waals surface area contributed by atoms with E-state index < -0.39 is 5.91 Å². The quantitative estimate of drug-likeness (QED) is 0.737. The largest absolute Gasteiger partial charge is 0.390 e. The van der Waals surface area contributed by atoms with Crippen LogP contribution in [-0.2, 0) is 13.2 Å². The van der Waals surface area contributed by atoms with E-state index in [0.29, 0.717) is 17.3 Å².